The summed E-state index contributed by atoms with van der Waals surface area (Å²) in [5, 5.41) is 0. The zero-order valence-electron chi connectivity index (χ0n) is 24.5. The first-order valence-electron chi connectivity index (χ1n) is 15.4. The predicted molar refractivity (Wildman–Crippen MR) is 152 cm³/mol. The molecule has 0 radical (unpaired) electrons. The number of piperidine rings is 1. The Morgan fingerprint density at radius 3 is 2.52 bits per heavy atom. The third kappa shape index (κ3) is 3.11. The molecule has 6 nitrogen and oxygen atoms in total. The summed E-state index contributed by atoms with van der Waals surface area (Å²) < 4.78 is 32.9. The highest BCUT2D eigenvalue weighted by molar-refractivity contribution is 5.63. The molecule has 40 heavy (non-hydrogen) atoms. The van der Waals surface area contributed by atoms with Gasteiger partial charge in [0, 0.05) is 42.8 Å². The van der Waals surface area contributed by atoms with Crippen molar-refractivity contribution in [2.45, 2.75) is 74.7 Å². The molecule has 5 fully saturated rings. The van der Waals surface area contributed by atoms with Gasteiger partial charge < -0.3 is 28.2 Å². The van der Waals surface area contributed by atoms with Crippen molar-refractivity contribution in [3.05, 3.63) is 53.1 Å². The summed E-state index contributed by atoms with van der Waals surface area (Å²) in [6, 6.07) is 13.3. The molecule has 0 unspecified atom stereocenters. The van der Waals surface area contributed by atoms with E-state index in [0.717, 1.165) is 42.4 Å². The number of fused-ring (bicyclic) bond motifs is 2. The molecule has 0 aromatic heterocycles. The number of likely N-dealkylation sites (N-methyl/N-ethyl adjacent to an activating group) is 1. The lowest BCUT2D eigenvalue weighted by Gasteiger charge is -2.74. The Hall–Kier alpha value is -2.28. The van der Waals surface area contributed by atoms with Gasteiger partial charge in [-0.15, -0.1) is 0 Å². The van der Waals surface area contributed by atoms with E-state index in [1.807, 2.05) is 19.2 Å². The lowest BCUT2D eigenvalue weighted by Crippen LogP contribution is -2.83. The SMILES string of the molecule is COc1ccc(COC[C@H]2C[C@@]34CC[C@]2(OC)[C@@H]2Oc5c(OC)ccc6c5[C@@]23CC[N@+](C)(CC2CC2)[C@@H]4C6)cc1. The first-order valence-corrected chi connectivity index (χ1v) is 15.4. The Balaban J connectivity index is 1.20. The minimum absolute atomic E-state index is 0.00280. The van der Waals surface area contributed by atoms with Crippen LogP contribution in [0.15, 0.2) is 36.4 Å². The van der Waals surface area contributed by atoms with Crippen LogP contribution in [0, 0.1) is 17.3 Å². The summed E-state index contributed by atoms with van der Waals surface area (Å²) in [5.74, 6) is 3.97. The van der Waals surface area contributed by atoms with Crippen LogP contribution in [0.5, 0.6) is 17.2 Å². The molecule has 2 aromatic carbocycles. The number of likely N-dealkylation sites (tertiary alicyclic amines) is 1. The molecular weight excluding hydrogens is 502 g/mol. The van der Waals surface area contributed by atoms with Crippen molar-refractivity contribution >= 4 is 0 Å². The number of methoxy groups -OCH3 is 3. The molecule has 7 aliphatic rings. The van der Waals surface area contributed by atoms with E-state index in [2.05, 4.69) is 31.3 Å². The highest BCUT2D eigenvalue weighted by Gasteiger charge is 2.83. The zero-order valence-corrected chi connectivity index (χ0v) is 24.5. The standard InChI is InChI=1S/C34H44NO5/c1-35(19-22-5-6-22)16-15-33-29-24-9-12-27(37-3)30(29)40-31(33)34(38-4)14-13-32(33,28(35)17-24)18-25(34)21-39-20-23-7-10-26(36-2)11-8-23/h7-12,22,25,28,31H,5-6,13-21H2,1-4H3/q+1/t25-,28-,31-,32-,33+,34-,35-/m1/s1. The zero-order chi connectivity index (χ0) is 27.3. The second kappa shape index (κ2) is 8.62. The van der Waals surface area contributed by atoms with Gasteiger partial charge in [0.15, 0.2) is 11.5 Å². The van der Waals surface area contributed by atoms with Crippen LogP contribution in [-0.4, -0.2) is 70.3 Å². The van der Waals surface area contributed by atoms with Crippen LogP contribution in [-0.2, 0) is 27.9 Å². The van der Waals surface area contributed by atoms with Crippen molar-refractivity contribution < 1.29 is 28.2 Å². The summed E-state index contributed by atoms with van der Waals surface area (Å²) in [7, 11) is 8.00. The van der Waals surface area contributed by atoms with Gasteiger partial charge in [-0.3, -0.25) is 0 Å². The maximum Gasteiger partial charge on any atom is 0.165 e. The van der Waals surface area contributed by atoms with Crippen molar-refractivity contribution in [3.63, 3.8) is 0 Å². The quantitative estimate of drug-likeness (QED) is 0.400. The molecule has 0 amide bonds. The third-order valence-electron chi connectivity index (χ3n) is 12.5. The topological polar surface area (TPSA) is 46.2 Å². The smallest absolute Gasteiger partial charge is 0.165 e. The number of ether oxygens (including phenoxy) is 5. The van der Waals surface area contributed by atoms with Crippen molar-refractivity contribution in [3.8, 4) is 17.2 Å². The molecule has 7 atom stereocenters. The van der Waals surface area contributed by atoms with Crippen molar-refractivity contribution in [2.75, 3.05) is 48.1 Å². The van der Waals surface area contributed by atoms with Gasteiger partial charge >= 0.3 is 0 Å². The van der Waals surface area contributed by atoms with Crippen LogP contribution in [0.1, 0.15) is 55.2 Å². The van der Waals surface area contributed by atoms with Crippen molar-refractivity contribution in [1.29, 1.82) is 0 Å². The molecule has 9 rings (SSSR count). The van der Waals surface area contributed by atoms with Crippen LogP contribution >= 0.6 is 0 Å². The number of benzene rings is 2. The van der Waals surface area contributed by atoms with E-state index < -0.39 is 0 Å². The summed E-state index contributed by atoms with van der Waals surface area (Å²) in [4.78, 5) is 0. The van der Waals surface area contributed by atoms with Crippen LogP contribution in [0.3, 0.4) is 0 Å². The van der Waals surface area contributed by atoms with Gasteiger partial charge in [0.2, 0.25) is 0 Å². The minimum atomic E-state index is -0.359. The second-order valence-electron chi connectivity index (χ2n) is 14.0. The van der Waals surface area contributed by atoms with Crippen molar-refractivity contribution in [1.82, 2.24) is 0 Å². The van der Waals surface area contributed by atoms with Crippen LogP contribution in [0.4, 0.5) is 0 Å². The molecule has 6 heteroatoms. The maximum atomic E-state index is 7.18. The Labute approximate surface area is 238 Å². The Morgan fingerprint density at radius 2 is 1.80 bits per heavy atom. The number of nitrogens with zero attached hydrogens (tertiary/aromatic N) is 1. The first-order chi connectivity index (χ1) is 19.4. The third-order valence-corrected chi connectivity index (χ3v) is 12.5. The highest BCUT2D eigenvalue weighted by Crippen LogP contribution is 2.77. The predicted octanol–water partition coefficient (Wildman–Crippen LogP) is 5.29. The molecule has 214 valence electrons. The minimum Gasteiger partial charge on any atom is -0.497 e. The van der Waals surface area contributed by atoms with Gasteiger partial charge in [0.25, 0.3) is 0 Å². The highest BCUT2D eigenvalue weighted by atomic mass is 16.6. The average Bonchev–Trinajstić information content (AvgIpc) is 3.71. The largest absolute Gasteiger partial charge is 0.497 e. The fourth-order valence-electron chi connectivity index (χ4n) is 10.6. The molecule has 0 N–H and O–H groups in total. The lowest BCUT2D eigenvalue weighted by atomic mass is 9.34. The molecule has 4 saturated carbocycles. The molecule has 2 heterocycles. The molecule has 4 bridgehead atoms. The van der Waals surface area contributed by atoms with Gasteiger partial charge in [0.1, 0.15) is 17.5 Å². The van der Waals surface area contributed by atoms with E-state index in [9.17, 15) is 0 Å². The molecule has 2 spiro atoms. The maximum absolute atomic E-state index is 7.18. The molecule has 2 aliphatic heterocycles. The van der Waals surface area contributed by atoms with Crippen molar-refractivity contribution in [2.24, 2.45) is 17.3 Å². The van der Waals surface area contributed by atoms with E-state index in [1.54, 1.807) is 14.2 Å². The summed E-state index contributed by atoms with van der Waals surface area (Å²) >= 11 is 0. The average molecular weight is 547 g/mol. The summed E-state index contributed by atoms with van der Waals surface area (Å²) in [6.45, 7) is 3.86. The van der Waals surface area contributed by atoms with Gasteiger partial charge in [-0.25, -0.2) is 0 Å². The monoisotopic (exact) mass is 546 g/mol. The molecule has 5 aliphatic carbocycles. The fraction of sp³-hybridized carbons (Fsp3) is 0.647. The Morgan fingerprint density at radius 1 is 0.975 bits per heavy atom. The van der Waals surface area contributed by atoms with Crippen LogP contribution in [0.25, 0.3) is 0 Å². The van der Waals surface area contributed by atoms with E-state index >= 15 is 0 Å². The Bertz CT molecular complexity index is 1320. The number of quaternary nitrogens is 1. The van der Waals surface area contributed by atoms with E-state index in [1.165, 1.54) is 59.9 Å². The number of hydrogen-bond donors (Lipinski definition) is 0. The van der Waals surface area contributed by atoms with Crippen LogP contribution < -0.4 is 14.2 Å². The fourth-order valence-corrected chi connectivity index (χ4v) is 10.6. The van der Waals surface area contributed by atoms with Gasteiger partial charge in [-0.2, -0.15) is 0 Å². The number of rotatable bonds is 9. The summed E-state index contributed by atoms with van der Waals surface area (Å²) in [5.41, 5.74) is 3.98. The Kier molecular flexibility index (Phi) is 5.48. The van der Waals surface area contributed by atoms with Crippen LogP contribution in [0.2, 0.25) is 0 Å². The molecule has 2 aromatic rings. The first kappa shape index (κ1) is 25.4. The van der Waals surface area contributed by atoms with E-state index in [4.69, 9.17) is 23.7 Å². The van der Waals surface area contributed by atoms with Gasteiger partial charge in [0.05, 0.1) is 59.0 Å². The normalized spacial score (nSPS) is 40.0. The summed E-state index contributed by atoms with van der Waals surface area (Å²) in [6.07, 6.45) is 8.57. The molecular formula is C34H44NO5+. The van der Waals surface area contributed by atoms with E-state index in [0.29, 0.717) is 25.2 Å². The second-order valence-corrected chi connectivity index (χ2v) is 14.0. The van der Waals surface area contributed by atoms with Gasteiger partial charge in [-0.1, -0.05) is 18.2 Å². The molecule has 1 saturated heterocycles. The van der Waals surface area contributed by atoms with E-state index in [-0.39, 0.29) is 22.5 Å². The lowest BCUT2D eigenvalue weighted by molar-refractivity contribution is -0.952. The number of hydrogen-bond acceptors (Lipinski definition) is 5. The van der Waals surface area contributed by atoms with Gasteiger partial charge in [-0.05, 0) is 61.4 Å².